The molecule has 3 rings (SSSR count). The number of halogens is 1. The van der Waals surface area contributed by atoms with Gasteiger partial charge in [-0.15, -0.1) is 11.6 Å². The van der Waals surface area contributed by atoms with Crippen molar-refractivity contribution in [3.63, 3.8) is 0 Å². The van der Waals surface area contributed by atoms with Crippen molar-refractivity contribution in [2.75, 3.05) is 0 Å². The molecule has 6 nitrogen and oxygen atoms in total. The summed E-state index contributed by atoms with van der Waals surface area (Å²) in [5.74, 6) is 1.26. The predicted molar refractivity (Wildman–Crippen MR) is 82.5 cm³/mol. The average molecular weight is 307 g/mol. The van der Waals surface area contributed by atoms with Crippen molar-refractivity contribution in [2.24, 2.45) is 14.1 Å². The van der Waals surface area contributed by atoms with Crippen LogP contribution in [0, 0.1) is 6.92 Å². The number of imidazole rings is 1. The molecule has 3 heterocycles. The Morgan fingerprint density at radius 3 is 2.57 bits per heavy atom. The Kier molecular flexibility index (Phi) is 3.49. The molecule has 0 aliphatic carbocycles. The van der Waals surface area contributed by atoms with Crippen LogP contribution in [0.15, 0.2) is 6.20 Å². The third-order valence-electron chi connectivity index (χ3n) is 3.77. The van der Waals surface area contributed by atoms with E-state index >= 15 is 0 Å². The molecular formula is C14H19ClN6. The molecule has 0 amide bonds. The first-order valence-electron chi connectivity index (χ1n) is 7.01. The third-order valence-corrected chi connectivity index (χ3v) is 4.01. The van der Waals surface area contributed by atoms with Crippen LogP contribution in [0.5, 0.6) is 0 Å². The van der Waals surface area contributed by atoms with Gasteiger partial charge in [0, 0.05) is 25.9 Å². The van der Waals surface area contributed by atoms with Gasteiger partial charge in [0.05, 0.1) is 23.8 Å². The zero-order valence-corrected chi connectivity index (χ0v) is 13.5. The predicted octanol–water partition coefficient (Wildman–Crippen LogP) is 2.16. The molecule has 0 atom stereocenters. The van der Waals surface area contributed by atoms with E-state index in [1.54, 1.807) is 0 Å². The molecule has 21 heavy (non-hydrogen) atoms. The number of aryl methyl sites for hydroxylation is 4. The highest BCUT2D eigenvalue weighted by Crippen LogP contribution is 2.22. The zero-order chi connectivity index (χ0) is 15.1. The van der Waals surface area contributed by atoms with E-state index in [0.29, 0.717) is 12.4 Å². The lowest BCUT2D eigenvalue weighted by Gasteiger charge is -2.07. The van der Waals surface area contributed by atoms with Gasteiger partial charge in [0.1, 0.15) is 11.3 Å². The molecule has 0 radical (unpaired) electrons. The highest BCUT2D eigenvalue weighted by Gasteiger charge is 2.19. The van der Waals surface area contributed by atoms with Crippen LogP contribution in [0.25, 0.3) is 11.2 Å². The summed E-state index contributed by atoms with van der Waals surface area (Å²) in [6.45, 7) is 4.82. The maximum absolute atomic E-state index is 6.09. The van der Waals surface area contributed by atoms with Crippen molar-refractivity contribution < 1.29 is 0 Å². The molecule has 112 valence electrons. The van der Waals surface area contributed by atoms with E-state index in [1.807, 2.05) is 36.6 Å². The maximum atomic E-state index is 6.09. The molecule has 3 aromatic heterocycles. The smallest absolute Gasteiger partial charge is 0.159 e. The largest absolute Gasteiger partial charge is 0.307 e. The topological polar surface area (TPSA) is 53.5 Å². The lowest BCUT2D eigenvalue weighted by molar-refractivity contribution is 0.696. The van der Waals surface area contributed by atoms with Crippen molar-refractivity contribution in [1.29, 1.82) is 0 Å². The van der Waals surface area contributed by atoms with Gasteiger partial charge in [-0.1, -0.05) is 6.92 Å². The molecule has 0 N–H and O–H groups in total. The Morgan fingerprint density at radius 2 is 2.00 bits per heavy atom. The maximum Gasteiger partial charge on any atom is 0.159 e. The van der Waals surface area contributed by atoms with Gasteiger partial charge in [0.2, 0.25) is 0 Å². The Bertz CT molecular complexity index is 794. The van der Waals surface area contributed by atoms with Gasteiger partial charge in [-0.2, -0.15) is 10.2 Å². The van der Waals surface area contributed by atoms with E-state index in [2.05, 4.69) is 26.7 Å². The van der Waals surface area contributed by atoms with E-state index in [9.17, 15) is 0 Å². The van der Waals surface area contributed by atoms with Crippen LogP contribution in [-0.4, -0.2) is 29.1 Å². The molecule has 0 spiro atoms. The molecule has 0 saturated heterocycles. The fraction of sp³-hybridized carbons (Fsp3) is 0.500. The van der Waals surface area contributed by atoms with Crippen molar-refractivity contribution >= 4 is 22.8 Å². The molecule has 7 heteroatoms. The van der Waals surface area contributed by atoms with Crippen LogP contribution >= 0.6 is 11.6 Å². The second-order valence-corrected chi connectivity index (χ2v) is 5.52. The minimum Gasteiger partial charge on any atom is -0.307 e. The SMILES string of the molecule is CCc1nn(C)c2c1nc(CCl)n2Cc1cn(C)nc1C. The second kappa shape index (κ2) is 5.18. The van der Waals surface area contributed by atoms with Crippen LogP contribution in [-0.2, 0) is 32.9 Å². The van der Waals surface area contributed by atoms with Crippen LogP contribution in [0.3, 0.4) is 0 Å². The van der Waals surface area contributed by atoms with Gasteiger partial charge < -0.3 is 4.57 Å². The number of hydrogen-bond donors (Lipinski definition) is 0. The van der Waals surface area contributed by atoms with Crippen molar-refractivity contribution in [3.05, 3.63) is 29.0 Å². The Hall–Kier alpha value is -1.82. The molecule has 0 saturated carbocycles. The Morgan fingerprint density at radius 1 is 1.24 bits per heavy atom. The number of alkyl halides is 1. The molecule has 0 aliphatic rings. The summed E-state index contributed by atoms with van der Waals surface area (Å²) in [4.78, 5) is 4.68. The summed E-state index contributed by atoms with van der Waals surface area (Å²) in [6.07, 6.45) is 2.90. The first-order chi connectivity index (χ1) is 10.0. The van der Waals surface area contributed by atoms with E-state index in [4.69, 9.17) is 11.6 Å². The summed E-state index contributed by atoms with van der Waals surface area (Å²) in [6, 6.07) is 0. The molecule has 0 bridgehead atoms. The normalized spacial score (nSPS) is 11.7. The van der Waals surface area contributed by atoms with Crippen LogP contribution in [0.1, 0.15) is 29.7 Å². The quantitative estimate of drug-likeness (QED) is 0.694. The molecule has 0 unspecified atom stereocenters. The third kappa shape index (κ3) is 2.23. The van der Waals surface area contributed by atoms with Gasteiger partial charge >= 0.3 is 0 Å². The van der Waals surface area contributed by atoms with Crippen LogP contribution < -0.4 is 0 Å². The minimum absolute atomic E-state index is 0.386. The summed E-state index contributed by atoms with van der Waals surface area (Å²) >= 11 is 6.09. The minimum atomic E-state index is 0.386. The van der Waals surface area contributed by atoms with Crippen LogP contribution in [0.2, 0.25) is 0 Å². The monoisotopic (exact) mass is 306 g/mol. The lowest BCUT2D eigenvalue weighted by atomic mass is 10.2. The average Bonchev–Trinajstić information content (AvgIpc) is 3.06. The fourth-order valence-corrected chi connectivity index (χ4v) is 2.97. The first kappa shape index (κ1) is 14.1. The molecule has 0 aliphatic heterocycles. The molecule has 0 aromatic carbocycles. The van der Waals surface area contributed by atoms with Crippen molar-refractivity contribution in [3.8, 4) is 0 Å². The Labute approximate surface area is 128 Å². The lowest BCUT2D eigenvalue weighted by Crippen LogP contribution is -2.08. The zero-order valence-electron chi connectivity index (χ0n) is 12.8. The number of nitrogens with zero attached hydrogens (tertiary/aromatic N) is 6. The number of fused-ring (bicyclic) bond motifs is 1. The number of rotatable bonds is 4. The first-order valence-corrected chi connectivity index (χ1v) is 7.54. The van der Waals surface area contributed by atoms with Gasteiger partial charge in [0.15, 0.2) is 5.65 Å². The number of aromatic nitrogens is 6. The summed E-state index contributed by atoms with van der Waals surface area (Å²) in [5.41, 5.74) is 5.18. The summed E-state index contributed by atoms with van der Waals surface area (Å²) in [5, 5.41) is 8.94. The van der Waals surface area contributed by atoms with Gasteiger partial charge in [-0.05, 0) is 13.3 Å². The molecule has 3 aromatic rings. The van der Waals surface area contributed by atoms with E-state index in [-0.39, 0.29) is 0 Å². The number of hydrogen-bond acceptors (Lipinski definition) is 3. The van der Waals surface area contributed by atoms with E-state index in [0.717, 1.165) is 34.8 Å². The highest BCUT2D eigenvalue weighted by atomic mass is 35.5. The van der Waals surface area contributed by atoms with E-state index < -0.39 is 0 Å². The van der Waals surface area contributed by atoms with Crippen LogP contribution in [0.4, 0.5) is 0 Å². The van der Waals surface area contributed by atoms with Gasteiger partial charge in [-0.25, -0.2) is 4.98 Å². The second-order valence-electron chi connectivity index (χ2n) is 5.26. The fourth-order valence-electron chi connectivity index (χ4n) is 2.77. The molecule has 0 fully saturated rings. The summed E-state index contributed by atoms with van der Waals surface area (Å²) in [7, 11) is 3.88. The van der Waals surface area contributed by atoms with E-state index in [1.165, 1.54) is 5.56 Å². The summed E-state index contributed by atoms with van der Waals surface area (Å²) < 4.78 is 5.86. The van der Waals surface area contributed by atoms with Gasteiger partial charge in [-0.3, -0.25) is 9.36 Å². The highest BCUT2D eigenvalue weighted by molar-refractivity contribution is 6.16. The Balaban J connectivity index is 2.16. The van der Waals surface area contributed by atoms with Gasteiger partial charge in [0.25, 0.3) is 0 Å². The van der Waals surface area contributed by atoms with Crippen molar-refractivity contribution in [2.45, 2.75) is 32.7 Å². The standard InChI is InChI=1S/C14H19ClN6/c1-5-11-13-14(20(4)18-11)21(12(6-15)16-13)8-10-7-19(3)17-9(10)2/h7H,5-6,8H2,1-4H3. The van der Waals surface area contributed by atoms with Crippen molar-refractivity contribution in [1.82, 2.24) is 29.1 Å². The molecular weight excluding hydrogens is 288 g/mol.